The number of fused-ring (bicyclic) bond motifs is 2. The molecule has 3 aliphatic rings. The molecule has 0 aliphatic carbocycles. The molecule has 1 aromatic carbocycles. The highest BCUT2D eigenvalue weighted by atomic mass is 16.5. The van der Waals surface area contributed by atoms with Crippen LogP contribution in [0.5, 0.6) is 5.75 Å². The maximum absolute atomic E-state index is 13.2. The average molecular weight is 398 g/mol. The van der Waals surface area contributed by atoms with Gasteiger partial charge in [0, 0.05) is 13.6 Å². The summed E-state index contributed by atoms with van der Waals surface area (Å²) in [4.78, 5) is 35.6. The molecule has 1 unspecified atom stereocenters. The molecule has 8 heteroatoms. The lowest BCUT2D eigenvalue weighted by atomic mass is 10.1. The lowest BCUT2D eigenvalue weighted by Crippen LogP contribution is -2.62. The fourth-order valence-electron chi connectivity index (χ4n) is 3.98. The largest absolute Gasteiger partial charge is 0.494 e. The molecule has 3 aliphatic heterocycles. The van der Waals surface area contributed by atoms with Gasteiger partial charge in [0.05, 0.1) is 13.2 Å². The van der Waals surface area contributed by atoms with Crippen LogP contribution in [0.4, 0.5) is 10.5 Å². The van der Waals surface area contributed by atoms with Gasteiger partial charge in [0.15, 0.2) is 0 Å². The Morgan fingerprint density at radius 3 is 2.62 bits per heavy atom. The SMILES string of the molecule is CCOc1ccc(N2CC[N+]3=C2N=C2C3C(=O)N(CCC(C)C)C(=O)N2C)cc1. The Kier molecular flexibility index (Phi) is 5.02. The van der Waals surface area contributed by atoms with Crippen molar-refractivity contribution >= 4 is 29.4 Å². The Morgan fingerprint density at radius 1 is 1.24 bits per heavy atom. The highest BCUT2D eigenvalue weighted by molar-refractivity contribution is 6.24. The molecule has 1 saturated heterocycles. The van der Waals surface area contributed by atoms with E-state index >= 15 is 0 Å². The Labute approximate surface area is 171 Å². The van der Waals surface area contributed by atoms with Gasteiger partial charge in [0.25, 0.3) is 5.91 Å². The van der Waals surface area contributed by atoms with E-state index in [4.69, 9.17) is 9.73 Å². The van der Waals surface area contributed by atoms with Crippen LogP contribution in [0.2, 0.25) is 0 Å². The number of benzene rings is 1. The van der Waals surface area contributed by atoms with Crippen LogP contribution in [0, 0.1) is 5.92 Å². The van der Waals surface area contributed by atoms with E-state index in [9.17, 15) is 9.59 Å². The third-order valence-corrected chi connectivity index (χ3v) is 5.58. The standard InChI is InChI=1S/C21H28N5O3/c1-5-29-16-8-6-15(7-9-16)24-12-13-25-17-18(22-20(24)25)23(4)21(28)26(19(17)27)11-10-14(2)3/h6-9,14,17H,5,10-13H2,1-4H3/q+1. The first kappa shape index (κ1) is 19.4. The summed E-state index contributed by atoms with van der Waals surface area (Å²) >= 11 is 0. The lowest BCUT2D eigenvalue weighted by Gasteiger charge is -2.34. The quantitative estimate of drug-likeness (QED) is 0.688. The number of nitrogens with zero attached hydrogens (tertiary/aromatic N) is 5. The molecular weight excluding hydrogens is 370 g/mol. The van der Waals surface area contributed by atoms with E-state index in [1.807, 2.05) is 35.8 Å². The van der Waals surface area contributed by atoms with Gasteiger partial charge in [-0.05, 0) is 43.5 Å². The van der Waals surface area contributed by atoms with Gasteiger partial charge >= 0.3 is 12.0 Å². The molecule has 0 N–H and O–H groups in total. The number of imide groups is 1. The zero-order valence-electron chi connectivity index (χ0n) is 17.5. The van der Waals surface area contributed by atoms with Crippen LogP contribution in [0.15, 0.2) is 29.3 Å². The van der Waals surface area contributed by atoms with E-state index in [0.717, 1.165) is 30.4 Å². The monoisotopic (exact) mass is 398 g/mol. The number of likely N-dealkylation sites (N-methyl/N-ethyl adjacent to an activating group) is 1. The summed E-state index contributed by atoms with van der Waals surface area (Å²) in [7, 11) is 1.70. The zero-order valence-corrected chi connectivity index (χ0v) is 17.5. The van der Waals surface area contributed by atoms with E-state index in [1.54, 1.807) is 7.05 Å². The normalized spacial score (nSPS) is 21.2. The predicted octanol–water partition coefficient (Wildman–Crippen LogP) is 1.99. The molecule has 3 amide bonds. The fourth-order valence-corrected chi connectivity index (χ4v) is 3.98. The third kappa shape index (κ3) is 3.26. The second-order valence-corrected chi connectivity index (χ2v) is 7.96. The van der Waals surface area contributed by atoms with Gasteiger partial charge in [0.1, 0.15) is 18.0 Å². The van der Waals surface area contributed by atoms with Crippen LogP contribution >= 0.6 is 0 Å². The molecule has 0 bridgehead atoms. The predicted molar refractivity (Wildman–Crippen MR) is 111 cm³/mol. The summed E-state index contributed by atoms with van der Waals surface area (Å²) in [6.07, 6.45) is 0.791. The van der Waals surface area contributed by atoms with Crippen molar-refractivity contribution < 1.29 is 18.9 Å². The summed E-state index contributed by atoms with van der Waals surface area (Å²) in [6, 6.07) is 7.05. The molecule has 0 radical (unpaired) electrons. The molecule has 1 fully saturated rings. The summed E-state index contributed by atoms with van der Waals surface area (Å²) in [5.74, 6) is 2.32. The Bertz CT molecular complexity index is 890. The number of amides is 3. The highest BCUT2D eigenvalue weighted by Crippen LogP contribution is 2.28. The fraction of sp³-hybridized carbons (Fsp3) is 0.524. The van der Waals surface area contributed by atoms with Gasteiger partial charge in [-0.2, -0.15) is 0 Å². The van der Waals surface area contributed by atoms with E-state index in [-0.39, 0.29) is 11.9 Å². The van der Waals surface area contributed by atoms with Gasteiger partial charge in [-0.3, -0.25) is 14.6 Å². The third-order valence-electron chi connectivity index (χ3n) is 5.58. The molecule has 0 aromatic heterocycles. The maximum Gasteiger partial charge on any atom is 0.397 e. The molecule has 4 rings (SSSR count). The van der Waals surface area contributed by atoms with Gasteiger partial charge in [-0.25, -0.2) is 14.3 Å². The number of hydrogen-bond acceptors (Lipinski definition) is 5. The number of ether oxygens (including phenoxy) is 1. The first-order chi connectivity index (χ1) is 13.9. The topological polar surface area (TPSA) is 68.5 Å². The Morgan fingerprint density at radius 2 is 1.97 bits per heavy atom. The maximum atomic E-state index is 13.2. The van der Waals surface area contributed by atoms with Crippen LogP contribution in [0.25, 0.3) is 0 Å². The second-order valence-electron chi connectivity index (χ2n) is 7.96. The molecule has 0 spiro atoms. The molecular formula is C21H28N5O3+. The first-order valence-corrected chi connectivity index (χ1v) is 10.2. The van der Waals surface area contributed by atoms with Crippen molar-refractivity contribution in [2.45, 2.75) is 33.2 Å². The number of urea groups is 1. The summed E-state index contributed by atoms with van der Waals surface area (Å²) in [6.45, 7) is 8.63. The molecule has 1 aromatic rings. The van der Waals surface area contributed by atoms with Crippen molar-refractivity contribution in [1.82, 2.24) is 9.80 Å². The number of guanidine groups is 1. The Hall–Kier alpha value is -2.90. The molecule has 0 saturated carbocycles. The number of aliphatic imine (C=N–C) groups is 1. The van der Waals surface area contributed by atoms with E-state index in [2.05, 4.69) is 18.7 Å². The van der Waals surface area contributed by atoms with Gasteiger partial charge in [-0.1, -0.05) is 18.8 Å². The number of amidine groups is 1. The van der Waals surface area contributed by atoms with Crippen molar-refractivity contribution in [3.05, 3.63) is 24.3 Å². The zero-order chi connectivity index (χ0) is 20.7. The second kappa shape index (κ2) is 7.50. The molecule has 29 heavy (non-hydrogen) atoms. The number of rotatable bonds is 6. The van der Waals surface area contributed by atoms with Crippen molar-refractivity contribution in [1.29, 1.82) is 0 Å². The summed E-state index contributed by atoms with van der Waals surface area (Å²) in [5.41, 5.74) is 0.993. The number of carbonyl (C=O) groups is 2. The van der Waals surface area contributed by atoms with E-state index < -0.39 is 6.04 Å². The van der Waals surface area contributed by atoms with E-state index in [1.165, 1.54) is 9.80 Å². The molecule has 1 atom stereocenters. The van der Waals surface area contributed by atoms with Gasteiger partial charge in [0.2, 0.25) is 11.9 Å². The van der Waals surface area contributed by atoms with Crippen molar-refractivity contribution in [3.63, 3.8) is 0 Å². The van der Waals surface area contributed by atoms with Crippen molar-refractivity contribution in [3.8, 4) is 5.75 Å². The lowest BCUT2D eigenvalue weighted by molar-refractivity contribution is -0.525. The van der Waals surface area contributed by atoms with Crippen molar-refractivity contribution in [2.24, 2.45) is 10.9 Å². The molecule has 3 heterocycles. The van der Waals surface area contributed by atoms with Crippen molar-refractivity contribution in [2.75, 3.05) is 38.2 Å². The average Bonchev–Trinajstić information content (AvgIpc) is 3.26. The Balaban J connectivity index is 1.61. The van der Waals surface area contributed by atoms with Crippen LogP contribution in [0.1, 0.15) is 27.2 Å². The van der Waals surface area contributed by atoms with Gasteiger partial charge < -0.3 is 4.74 Å². The number of hydrogen-bond donors (Lipinski definition) is 0. The van der Waals surface area contributed by atoms with Gasteiger partial charge in [-0.15, -0.1) is 0 Å². The minimum Gasteiger partial charge on any atom is -0.494 e. The van der Waals surface area contributed by atoms with Crippen LogP contribution < -0.4 is 9.64 Å². The summed E-state index contributed by atoms with van der Waals surface area (Å²) in [5, 5.41) is 0. The number of carbonyl (C=O) groups excluding carboxylic acids is 2. The number of anilines is 1. The first-order valence-electron chi connectivity index (χ1n) is 10.2. The molecule has 154 valence electrons. The van der Waals surface area contributed by atoms with Crippen LogP contribution in [-0.4, -0.2) is 77.4 Å². The minimum absolute atomic E-state index is 0.170. The van der Waals surface area contributed by atoms with E-state index in [0.29, 0.717) is 31.4 Å². The highest BCUT2D eigenvalue weighted by Gasteiger charge is 2.55. The minimum atomic E-state index is -0.521. The van der Waals surface area contributed by atoms with Crippen LogP contribution in [-0.2, 0) is 4.79 Å². The summed E-state index contributed by atoms with van der Waals surface area (Å²) < 4.78 is 7.53. The van der Waals surface area contributed by atoms with Crippen LogP contribution in [0.3, 0.4) is 0 Å². The smallest absolute Gasteiger partial charge is 0.397 e. The molecule has 8 nitrogen and oxygen atoms in total.